The van der Waals surface area contributed by atoms with Gasteiger partial charge in [-0.3, -0.25) is 0 Å². The monoisotopic (exact) mass is 182 g/mol. The third-order valence-corrected chi connectivity index (χ3v) is 3.83. The topological polar surface area (TPSA) is 26.3 Å². The van der Waals surface area contributed by atoms with Gasteiger partial charge >= 0.3 is 0 Å². The van der Waals surface area contributed by atoms with Crippen LogP contribution in [0.5, 0.6) is 0 Å². The molecule has 0 bridgehead atoms. The molecule has 0 amide bonds. The summed E-state index contributed by atoms with van der Waals surface area (Å²) in [5.74, 6) is 0.615. The van der Waals surface area contributed by atoms with Crippen molar-refractivity contribution in [2.75, 3.05) is 7.11 Å². The number of aldehydes is 1. The van der Waals surface area contributed by atoms with Crippen molar-refractivity contribution in [3.63, 3.8) is 0 Å². The average molecular weight is 182 g/mol. The molecule has 0 aromatic rings. The first kappa shape index (κ1) is 9.20. The quantitative estimate of drug-likeness (QED) is 0.625. The van der Waals surface area contributed by atoms with Crippen LogP contribution in [0.2, 0.25) is 0 Å². The Bertz CT molecular complexity index is 196. The summed E-state index contributed by atoms with van der Waals surface area (Å²) in [5.41, 5.74) is 0.0806. The molecule has 2 unspecified atom stereocenters. The smallest absolute Gasteiger partial charge is 0.126 e. The highest BCUT2D eigenvalue weighted by molar-refractivity contribution is 5.64. The van der Waals surface area contributed by atoms with Crippen molar-refractivity contribution >= 4 is 6.29 Å². The van der Waals surface area contributed by atoms with Crippen LogP contribution in [-0.2, 0) is 9.53 Å². The van der Waals surface area contributed by atoms with Gasteiger partial charge < -0.3 is 9.53 Å². The van der Waals surface area contributed by atoms with E-state index in [1.165, 1.54) is 25.5 Å². The molecule has 2 aliphatic rings. The van der Waals surface area contributed by atoms with Crippen molar-refractivity contribution in [1.29, 1.82) is 0 Å². The molecule has 2 aliphatic carbocycles. The zero-order valence-corrected chi connectivity index (χ0v) is 8.29. The van der Waals surface area contributed by atoms with Crippen LogP contribution in [-0.4, -0.2) is 19.5 Å². The zero-order valence-electron chi connectivity index (χ0n) is 8.29. The molecule has 2 fully saturated rings. The van der Waals surface area contributed by atoms with Crippen molar-refractivity contribution in [1.82, 2.24) is 0 Å². The normalized spacial score (nSPS) is 37.0. The number of rotatable bonds is 3. The molecule has 0 aliphatic heterocycles. The van der Waals surface area contributed by atoms with E-state index >= 15 is 0 Å². The Labute approximate surface area is 79.7 Å². The Morgan fingerprint density at radius 1 is 1.38 bits per heavy atom. The molecule has 2 rings (SSSR count). The third-order valence-electron chi connectivity index (χ3n) is 3.83. The maximum Gasteiger partial charge on any atom is 0.126 e. The van der Waals surface area contributed by atoms with Gasteiger partial charge in [-0.05, 0) is 38.0 Å². The van der Waals surface area contributed by atoms with Crippen LogP contribution in [0.15, 0.2) is 0 Å². The lowest BCUT2D eigenvalue weighted by Gasteiger charge is -2.31. The Kier molecular flexibility index (Phi) is 2.41. The van der Waals surface area contributed by atoms with Crippen LogP contribution >= 0.6 is 0 Å². The Morgan fingerprint density at radius 2 is 2.15 bits per heavy atom. The van der Waals surface area contributed by atoms with Gasteiger partial charge in [0.15, 0.2) is 0 Å². The molecule has 0 aromatic carbocycles. The molecule has 13 heavy (non-hydrogen) atoms. The number of carbonyl (C=O) groups excluding carboxylic acids is 1. The third kappa shape index (κ3) is 1.64. The van der Waals surface area contributed by atoms with E-state index in [1.54, 1.807) is 7.11 Å². The lowest BCUT2D eigenvalue weighted by molar-refractivity contribution is -0.115. The van der Waals surface area contributed by atoms with E-state index in [9.17, 15) is 4.79 Å². The highest BCUT2D eigenvalue weighted by Gasteiger charge is 2.50. The van der Waals surface area contributed by atoms with Gasteiger partial charge in [0.2, 0.25) is 0 Å². The fourth-order valence-electron chi connectivity index (χ4n) is 2.65. The summed E-state index contributed by atoms with van der Waals surface area (Å²) in [6.45, 7) is 0. The minimum Gasteiger partial charge on any atom is -0.381 e. The van der Waals surface area contributed by atoms with Crippen LogP contribution < -0.4 is 0 Å². The summed E-state index contributed by atoms with van der Waals surface area (Å²) in [7, 11) is 1.79. The largest absolute Gasteiger partial charge is 0.381 e. The first-order valence-corrected chi connectivity index (χ1v) is 5.30. The van der Waals surface area contributed by atoms with Crippen LogP contribution in [0.4, 0.5) is 0 Å². The second-order valence-corrected chi connectivity index (χ2v) is 4.57. The van der Waals surface area contributed by atoms with Crippen LogP contribution in [0, 0.1) is 11.3 Å². The molecule has 0 spiro atoms. The standard InChI is InChI=1S/C11H18O2/c1-13-10-4-2-3-9(7-10)11(8-12)5-6-11/h8-10H,2-7H2,1H3. The van der Waals surface area contributed by atoms with E-state index in [0.717, 1.165) is 19.3 Å². The van der Waals surface area contributed by atoms with Gasteiger partial charge in [0.25, 0.3) is 0 Å². The van der Waals surface area contributed by atoms with Gasteiger partial charge in [-0.25, -0.2) is 0 Å². The molecular formula is C11H18O2. The van der Waals surface area contributed by atoms with Crippen molar-refractivity contribution < 1.29 is 9.53 Å². The maximum atomic E-state index is 10.9. The fourth-order valence-corrected chi connectivity index (χ4v) is 2.65. The molecule has 2 saturated carbocycles. The summed E-state index contributed by atoms with van der Waals surface area (Å²) in [6, 6.07) is 0. The molecule has 0 radical (unpaired) electrons. The number of hydrogen-bond donors (Lipinski definition) is 0. The average Bonchev–Trinajstić information content (AvgIpc) is 2.99. The minimum atomic E-state index is 0.0806. The molecule has 2 atom stereocenters. The summed E-state index contributed by atoms with van der Waals surface area (Å²) < 4.78 is 5.37. The van der Waals surface area contributed by atoms with E-state index < -0.39 is 0 Å². The SMILES string of the molecule is COC1CCCC(C2(C=O)CC2)C1. The summed E-state index contributed by atoms with van der Waals surface area (Å²) in [4.78, 5) is 10.9. The molecule has 0 saturated heterocycles. The van der Waals surface area contributed by atoms with E-state index in [4.69, 9.17) is 4.74 Å². The Morgan fingerprint density at radius 3 is 2.69 bits per heavy atom. The molecule has 2 heteroatoms. The van der Waals surface area contributed by atoms with E-state index in [1.807, 2.05) is 0 Å². The Hall–Kier alpha value is -0.370. The highest BCUT2D eigenvalue weighted by atomic mass is 16.5. The van der Waals surface area contributed by atoms with E-state index in [2.05, 4.69) is 0 Å². The van der Waals surface area contributed by atoms with Gasteiger partial charge in [0.1, 0.15) is 6.29 Å². The summed E-state index contributed by atoms with van der Waals surface area (Å²) >= 11 is 0. The van der Waals surface area contributed by atoms with Crippen molar-refractivity contribution in [3.8, 4) is 0 Å². The van der Waals surface area contributed by atoms with Crippen molar-refractivity contribution in [2.45, 2.75) is 44.6 Å². The lowest BCUT2D eigenvalue weighted by atomic mass is 9.77. The predicted molar refractivity (Wildman–Crippen MR) is 50.5 cm³/mol. The first-order valence-electron chi connectivity index (χ1n) is 5.30. The molecule has 0 aromatic heterocycles. The summed E-state index contributed by atoms with van der Waals surface area (Å²) in [5, 5.41) is 0. The van der Waals surface area contributed by atoms with Crippen molar-refractivity contribution in [2.24, 2.45) is 11.3 Å². The highest BCUT2D eigenvalue weighted by Crippen LogP contribution is 2.54. The number of hydrogen-bond acceptors (Lipinski definition) is 2. The number of ether oxygens (including phenoxy) is 1. The molecule has 2 nitrogen and oxygen atoms in total. The van der Waals surface area contributed by atoms with Gasteiger partial charge in [0.05, 0.1) is 6.10 Å². The van der Waals surface area contributed by atoms with Gasteiger partial charge in [0, 0.05) is 12.5 Å². The van der Waals surface area contributed by atoms with Crippen LogP contribution in [0.1, 0.15) is 38.5 Å². The summed E-state index contributed by atoms with van der Waals surface area (Å²) in [6.07, 6.45) is 8.62. The number of carbonyl (C=O) groups is 1. The Balaban J connectivity index is 1.96. The first-order chi connectivity index (χ1) is 6.30. The minimum absolute atomic E-state index is 0.0806. The fraction of sp³-hybridized carbons (Fsp3) is 0.909. The predicted octanol–water partition coefficient (Wildman–Crippen LogP) is 2.17. The number of methoxy groups -OCH3 is 1. The molecule has 74 valence electrons. The van der Waals surface area contributed by atoms with E-state index in [-0.39, 0.29) is 5.41 Å². The van der Waals surface area contributed by atoms with Gasteiger partial charge in [-0.2, -0.15) is 0 Å². The van der Waals surface area contributed by atoms with Gasteiger partial charge in [-0.15, -0.1) is 0 Å². The van der Waals surface area contributed by atoms with Gasteiger partial charge in [-0.1, -0.05) is 6.42 Å². The van der Waals surface area contributed by atoms with E-state index in [0.29, 0.717) is 12.0 Å². The lowest BCUT2D eigenvalue weighted by Crippen LogP contribution is -2.28. The van der Waals surface area contributed by atoms with Crippen LogP contribution in [0.25, 0.3) is 0 Å². The maximum absolute atomic E-state index is 10.9. The second kappa shape index (κ2) is 3.41. The molecule has 0 heterocycles. The second-order valence-electron chi connectivity index (χ2n) is 4.57. The molecular weight excluding hydrogens is 164 g/mol. The molecule has 0 N–H and O–H groups in total. The van der Waals surface area contributed by atoms with Crippen LogP contribution in [0.3, 0.4) is 0 Å². The zero-order chi connectivity index (χ0) is 9.31. The van der Waals surface area contributed by atoms with Crippen molar-refractivity contribution in [3.05, 3.63) is 0 Å².